The number of nitrogens with zero attached hydrogens (tertiary/aromatic N) is 1. The molecule has 0 saturated carbocycles. The molecule has 0 heterocycles. The Kier molecular flexibility index (Phi) is 6.03. The smallest absolute Gasteiger partial charge is 0.270 e. The summed E-state index contributed by atoms with van der Waals surface area (Å²) in [5.41, 5.74) is 1.03. The van der Waals surface area contributed by atoms with Gasteiger partial charge in [0.1, 0.15) is 17.3 Å². The quantitative estimate of drug-likeness (QED) is 0.471. The standard InChI is InChI=1S/C21H17FN2O5/c1-28-16-9-6-14(7-10-16)17-12-15(24(26)27)8-11-20(17)29-13-21(25)23-19-5-3-2-4-18(19)22/h2-12H,13H2,1H3,(H,23,25). The summed E-state index contributed by atoms with van der Waals surface area (Å²) in [5.74, 6) is -0.209. The van der Waals surface area contributed by atoms with E-state index >= 15 is 0 Å². The summed E-state index contributed by atoms with van der Waals surface area (Å²) < 4.78 is 24.3. The fourth-order valence-corrected chi connectivity index (χ4v) is 2.65. The van der Waals surface area contributed by atoms with Crippen molar-refractivity contribution < 1.29 is 23.6 Å². The van der Waals surface area contributed by atoms with Gasteiger partial charge in [-0.1, -0.05) is 24.3 Å². The molecule has 0 radical (unpaired) electrons. The van der Waals surface area contributed by atoms with Crippen LogP contribution in [0, 0.1) is 15.9 Å². The topological polar surface area (TPSA) is 90.7 Å². The number of nitrogens with one attached hydrogen (secondary N) is 1. The van der Waals surface area contributed by atoms with Crippen molar-refractivity contribution in [3.63, 3.8) is 0 Å². The second kappa shape index (κ2) is 8.83. The number of benzene rings is 3. The zero-order valence-electron chi connectivity index (χ0n) is 15.4. The second-order valence-corrected chi connectivity index (χ2v) is 5.98. The number of ether oxygens (including phenoxy) is 2. The van der Waals surface area contributed by atoms with Gasteiger partial charge in [-0.15, -0.1) is 0 Å². The van der Waals surface area contributed by atoms with Crippen LogP contribution in [0.15, 0.2) is 66.7 Å². The van der Waals surface area contributed by atoms with E-state index in [1.54, 1.807) is 30.3 Å². The largest absolute Gasteiger partial charge is 0.497 e. The van der Waals surface area contributed by atoms with E-state index in [1.807, 2.05) is 0 Å². The number of amides is 1. The summed E-state index contributed by atoms with van der Waals surface area (Å²) in [6.07, 6.45) is 0. The van der Waals surface area contributed by atoms with E-state index in [2.05, 4.69) is 5.32 Å². The zero-order valence-corrected chi connectivity index (χ0v) is 15.4. The molecule has 0 fully saturated rings. The molecule has 3 rings (SSSR count). The normalized spacial score (nSPS) is 10.3. The van der Waals surface area contributed by atoms with Gasteiger partial charge >= 0.3 is 0 Å². The number of para-hydroxylation sites is 1. The highest BCUT2D eigenvalue weighted by molar-refractivity contribution is 5.92. The van der Waals surface area contributed by atoms with Crippen LogP contribution in [0.25, 0.3) is 11.1 Å². The van der Waals surface area contributed by atoms with Crippen molar-refractivity contribution in [2.24, 2.45) is 0 Å². The number of halogens is 1. The Morgan fingerprint density at radius 2 is 1.83 bits per heavy atom. The fraction of sp³-hybridized carbons (Fsp3) is 0.0952. The first-order valence-electron chi connectivity index (χ1n) is 8.58. The van der Waals surface area contributed by atoms with Gasteiger partial charge in [0.05, 0.1) is 17.7 Å². The van der Waals surface area contributed by atoms with Gasteiger partial charge in [0, 0.05) is 17.7 Å². The molecule has 0 aliphatic heterocycles. The molecular formula is C21H17FN2O5. The summed E-state index contributed by atoms with van der Waals surface area (Å²) in [6.45, 7) is -0.394. The predicted octanol–water partition coefficient (Wildman–Crippen LogP) is 4.43. The van der Waals surface area contributed by atoms with Crippen LogP contribution >= 0.6 is 0 Å². The molecule has 3 aromatic carbocycles. The molecule has 0 aromatic heterocycles. The predicted molar refractivity (Wildman–Crippen MR) is 106 cm³/mol. The molecule has 0 aliphatic carbocycles. The number of anilines is 1. The number of methoxy groups -OCH3 is 1. The van der Waals surface area contributed by atoms with Crippen LogP contribution in [0.4, 0.5) is 15.8 Å². The van der Waals surface area contributed by atoms with E-state index in [0.717, 1.165) is 0 Å². The molecule has 8 heteroatoms. The Labute approximate surface area is 165 Å². The van der Waals surface area contributed by atoms with Crippen LogP contribution in [0.5, 0.6) is 11.5 Å². The molecule has 1 N–H and O–H groups in total. The van der Waals surface area contributed by atoms with Crippen LogP contribution in [-0.4, -0.2) is 24.5 Å². The summed E-state index contributed by atoms with van der Waals surface area (Å²) in [5, 5.41) is 13.6. The van der Waals surface area contributed by atoms with E-state index in [0.29, 0.717) is 16.9 Å². The lowest BCUT2D eigenvalue weighted by atomic mass is 10.0. The maximum Gasteiger partial charge on any atom is 0.270 e. The number of carbonyl (C=O) groups excluding carboxylic acids is 1. The molecule has 148 valence electrons. The van der Waals surface area contributed by atoms with E-state index in [4.69, 9.17) is 9.47 Å². The van der Waals surface area contributed by atoms with E-state index in [1.165, 1.54) is 43.5 Å². The van der Waals surface area contributed by atoms with Gasteiger partial charge in [0.15, 0.2) is 6.61 Å². The van der Waals surface area contributed by atoms with Gasteiger partial charge in [0.25, 0.3) is 11.6 Å². The van der Waals surface area contributed by atoms with Gasteiger partial charge in [0.2, 0.25) is 0 Å². The lowest BCUT2D eigenvalue weighted by Crippen LogP contribution is -2.21. The molecule has 7 nitrogen and oxygen atoms in total. The molecule has 1 amide bonds. The maximum atomic E-state index is 13.7. The van der Waals surface area contributed by atoms with Crippen molar-refractivity contribution in [1.82, 2.24) is 0 Å². The summed E-state index contributed by atoms with van der Waals surface area (Å²) in [4.78, 5) is 22.7. The molecule has 0 spiro atoms. The van der Waals surface area contributed by atoms with Crippen molar-refractivity contribution in [1.29, 1.82) is 0 Å². The molecule has 3 aromatic rings. The monoisotopic (exact) mass is 396 g/mol. The van der Waals surface area contributed by atoms with Gasteiger partial charge in [-0.05, 0) is 35.9 Å². The number of nitro groups is 1. The van der Waals surface area contributed by atoms with Crippen molar-refractivity contribution in [2.45, 2.75) is 0 Å². The van der Waals surface area contributed by atoms with Gasteiger partial charge in [-0.2, -0.15) is 0 Å². The van der Waals surface area contributed by atoms with Crippen LogP contribution in [0.1, 0.15) is 0 Å². The van der Waals surface area contributed by atoms with Crippen LogP contribution in [0.3, 0.4) is 0 Å². The number of carbonyl (C=O) groups is 1. The molecule has 0 unspecified atom stereocenters. The first-order chi connectivity index (χ1) is 14.0. The Morgan fingerprint density at radius 1 is 1.10 bits per heavy atom. The Balaban J connectivity index is 1.81. The second-order valence-electron chi connectivity index (χ2n) is 5.98. The third-order valence-corrected chi connectivity index (χ3v) is 4.08. The van der Waals surface area contributed by atoms with Gasteiger partial charge in [-0.3, -0.25) is 14.9 Å². The van der Waals surface area contributed by atoms with Crippen LogP contribution in [0.2, 0.25) is 0 Å². The molecule has 29 heavy (non-hydrogen) atoms. The third kappa shape index (κ3) is 4.86. The van der Waals surface area contributed by atoms with Crippen molar-refractivity contribution in [2.75, 3.05) is 19.0 Å². The minimum Gasteiger partial charge on any atom is -0.497 e. The summed E-state index contributed by atoms with van der Waals surface area (Å²) in [7, 11) is 1.53. The molecular weight excluding hydrogens is 379 g/mol. The molecule has 0 atom stereocenters. The molecule has 0 aliphatic rings. The number of hydrogen-bond acceptors (Lipinski definition) is 5. The molecule has 0 bridgehead atoms. The highest BCUT2D eigenvalue weighted by atomic mass is 19.1. The number of hydrogen-bond donors (Lipinski definition) is 1. The average molecular weight is 396 g/mol. The number of non-ortho nitro benzene ring substituents is 1. The Morgan fingerprint density at radius 3 is 2.48 bits per heavy atom. The van der Waals surface area contributed by atoms with Crippen molar-refractivity contribution >= 4 is 17.3 Å². The van der Waals surface area contributed by atoms with E-state index in [-0.39, 0.29) is 17.1 Å². The highest BCUT2D eigenvalue weighted by Crippen LogP contribution is 2.34. The average Bonchev–Trinajstić information content (AvgIpc) is 2.74. The third-order valence-electron chi connectivity index (χ3n) is 4.08. The lowest BCUT2D eigenvalue weighted by molar-refractivity contribution is -0.384. The van der Waals surface area contributed by atoms with E-state index < -0.39 is 23.3 Å². The van der Waals surface area contributed by atoms with Crippen LogP contribution in [-0.2, 0) is 4.79 Å². The van der Waals surface area contributed by atoms with Crippen molar-refractivity contribution in [3.05, 3.63) is 82.7 Å². The Hall–Kier alpha value is -3.94. The first kappa shape index (κ1) is 19.8. The maximum absolute atomic E-state index is 13.7. The van der Waals surface area contributed by atoms with Crippen molar-refractivity contribution in [3.8, 4) is 22.6 Å². The Bertz CT molecular complexity index is 1040. The summed E-state index contributed by atoms with van der Waals surface area (Å²) >= 11 is 0. The highest BCUT2D eigenvalue weighted by Gasteiger charge is 2.15. The van der Waals surface area contributed by atoms with E-state index in [9.17, 15) is 19.3 Å². The minimum atomic E-state index is -0.561. The minimum absolute atomic E-state index is 0.0418. The number of rotatable bonds is 7. The van der Waals surface area contributed by atoms with Crippen LogP contribution < -0.4 is 14.8 Å². The van der Waals surface area contributed by atoms with Gasteiger partial charge in [-0.25, -0.2) is 4.39 Å². The first-order valence-corrected chi connectivity index (χ1v) is 8.58. The number of nitro benzene ring substituents is 1. The fourth-order valence-electron chi connectivity index (χ4n) is 2.65. The SMILES string of the molecule is COc1ccc(-c2cc([N+](=O)[O-])ccc2OCC(=O)Nc2ccccc2F)cc1. The zero-order chi connectivity index (χ0) is 20.8. The lowest BCUT2D eigenvalue weighted by Gasteiger charge is -2.12. The van der Waals surface area contributed by atoms with Gasteiger partial charge < -0.3 is 14.8 Å². The summed E-state index contributed by atoms with van der Waals surface area (Å²) in [6, 6.07) is 16.7. The molecule has 0 saturated heterocycles.